The zero-order chi connectivity index (χ0) is 13.8. The number of aromatic nitrogens is 2. The Morgan fingerprint density at radius 3 is 2.84 bits per heavy atom. The summed E-state index contributed by atoms with van der Waals surface area (Å²) in [6.07, 6.45) is 4.92. The highest BCUT2D eigenvalue weighted by Gasteiger charge is 2.13. The van der Waals surface area contributed by atoms with Gasteiger partial charge in [-0.2, -0.15) is 0 Å². The summed E-state index contributed by atoms with van der Waals surface area (Å²) in [6.45, 7) is 5.40. The first-order valence-electron chi connectivity index (χ1n) is 7.07. The van der Waals surface area contributed by atoms with Gasteiger partial charge in [0.15, 0.2) is 0 Å². The van der Waals surface area contributed by atoms with Gasteiger partial charge in [-0.3, -0.25) is 0 Å². The molecule has 2 aromatic rings. The van der Waals surface area contributed by atoms with E-state index in [1.165, 1.54) is 25.7 Å². The van der Waals surface area contributed by atoms with Crippen molar-refractivity contribution in [1.29, 1.82) is 0 Å². The Balaban J connectivity index is 2.27. The van der Waals surface area contributed by atoms with Gasteiger partial charge in [0.1, 0.15) is 0 Å². The quantitative estimate of drug-likeness (QED) is 0.847. The molecule has 1 atom stereocenters. The first-order valence-corrected chi connectivity index (χ1v) is 7.44. The normalized spacial score (nSPS) is 13.0. The second kappa shape index (κ2) is 6.29. The molecule has 2 rings (SSSR count). The predicted molar refractivity (Wildman–Crippen MR) is 82.5 cm³/mol. The summed E-state index contributed by atoms with van der Waals surface area (Å²) in [6, 6.07) is 5.74. The number of rotatable bonds is 6. The molecule has 0 aliphatic carbocycles. The third kappa shape index (κ3) is 3.21. The van der Waals surface area contributed by atoms with E-state index < -0.39 is 0 Å². The molecule has 1 aromatic carbocycles. The van der Waals surface area contributed by atoms with Gasteiger partial charge in [-0.05, 0) is 30.5 Å². The Labute approximate surface area is 119 Å². The van der Waals surface area contributed by atoms with Crippen LogP contribution in [0.1, 0.15) is 39.5 Å². The number of fused-ring (bicyclic) bond motifs is 1. The molecule has 0 bridgehead atoms. The molecule has 0 spiro atoms. The number of hydrogen-bond acceptors (Lipinski definition) is 2. The fourth-order valence-electron chi connectivity index (χ4n) is 2.48. The van der Waals surface area contributed by atoms with Gasteiger partial charge in [0.2, 0.25) is 5.95 Å². The number of unbranched alkanes of at least 4 members (excludes halogenated alkanes) is 1. The molecular weight excluding hydrogens is 258 g/mol. The molecule has 0 aliphatic heterocycles. The van der Waals surface area contributed by atoms with Crippen molar-refractivity contribution < 1.29 is 0 Å². The SMILES string of the molecule is CCCCC(CC)Cn1c(N)nc2ccc(Cl)cc21. The van der Waals surface area contributed by atoms with E-state index >= 15 is 0 Å². The number of benzene rings is 1. The lowest BCUT2D eigenvalue weighted by molar-refractivity contribution is 0.398. The van der Waals surface area contributed by atoms with Crippen LogP contribution in [0.25, 0.3) is 11.0 Å². The van der Waals surface area contributed by atoms with Crippen molar-refractivity contribution in [1.82, 2.24) is 9.55 Å². The molecule has 0 aliphatic rings. The van der Waals surface area contributed by atoms with Crippen molar-refractivity contribution in [2.75, 3.05) is 5.73 Å². The van der Waals surface area contributed by atoms with E-state index in [4.69, 9.17) is 17.3 Å². The minimum absolute atomic E-state index is 0.590. The lowest BCUT2D eigenvalue weighted by Gasteiger charge is -2.16. The van der Waals surface area contributed by atoms with Crippen LogP contribution in [0.3, 0.4) is 0 Å². The Hall–Kier alpha value is -1.22. The van der Waals surface area contributed by atoms with Crippen LogP contribution in [-0.4, -0.2) is 9.55 Å². The maximum Gasteiger partial charge on any atom is 0.201 e. The number of imidazole rings is 1. The summed E-state index contributed by atoms with van der Waals surface area (Å²) in [5.74, 6) is 1.24. The van der Waals surface area contributed by atoms with E-state index in [1.807, 2.05) is 18.2 Å². The molecule has 0 amide bonds. The number of nitrogens with zero attached hydrogens (tertiary/aromatic N) is 2. The van der Waals surface area contributed by atoms with E-state index in [9.17, 15) is 0 Å². The number of nitrogen functional groups attached to an aromatic ring is 1. The summed E-state index contributed by atoms with van der Waals surface area (Å²) in [4.78, 5) is 4.40. The second-order valence-electron chi connectivity index (χ2n) is 5.13. The fourth-order valence-corrected chi connectivity index (χ4v) is 2.65. The van der Waals surface area contributed by atoms with Crippen LogP contribution in [0, 0.1) is 5.92 Å². The van der Waals surface area contributed by atoms with Crippen LogP contribution < -0.4 is 5.73 Å². The highest BCUT2D eigenvalue weighted by molar-refractivity contribution is 6.31. The monoisotopic (exact) mass is 279 g/mol. The van der Waals surface area contributed by atoms with Crippen LogP contribution >= 0.6 is 11.6 Å². The van der Waals surface area contributed by atoms with Gasteiger partial charge in [-0.1, -0.05) is 44.7 Å². The lowest BCUT2D eigenvalue weighted by atomic mass is 9.99. The van der Waals surface area contributed by atoms with E-state index in [2.05, 4.69) is 23.4 Å². The molecule has 0 saturated carbocycles. The molecule has 0 saturated heterocycles. The number of nitrogens with two attached hydrogens (primary N) is 1. The fraction of sp³-hybridized carbons (Fsp3) is 0.533. The number of halogens is 1. The maximum atomic E-state index is 6.07. The maximum absolute atomic E-state index is 6.07. The van der Waals surface area contributed by atoms with Crippen LogP contribution in [0.15, 0.2) is 18.2 Å². The molecule has 0 fully saturated rings. The van der Waals surface area contributed by atoms with Gasteiger partial charge in [0.25, 0.3) is 0 Å². The molecule has 1 heterocycles. The first-order chi connectivity index (χ1) is 9.15. The zero-order valence-electron chi connectivity index (χ0n) is 11.7. The zero-order valence-corrected chi connectivity index (χ0v) is 12.5. The molecule has 0 radical (unpaired) electrons. The third-order valence-corrected chi connectivity index (χ3v) is 3.96. The molecule has 3 nitrogen and oxygen atoms in total. The number of anilines is 1. The summed E-state index contributed by atoms with van der Waals surface area (Å²) >= 11 is 6.07. The first kappa shape index (κ1) is 14.2. The number of hydrogen-bond donors (Lipinski definition) is 1. The van der Waals surface area contributed by atoms with Crippen molar-refractivity contribution in [3.8, 4) is 0 Å². The highest BCUT2D eigenvalue weighted by Crippen LogP contribution is 2.25. The molecular formula is C15H22ClN3. The minimum atomic E-state index is 0.590. The Bertz CT molecular complexity index is 548. The van der Waals surface area contributed by atoms with Gasteiger partial charge in [-0.15, -0.1) is 0 Å². The lowest BCUT2D eigenvalue weighted by Crippen LogP contribution is -2.12. The Kier molecular flexibility index (Phi) is 4.70. The predicted octanol–water partition coefficient (Wildman–Crippen LogP) is 4.49. The van der Waals surface area contributed by atoms with Crippen molar-refractivity contribution in [2.24, 2.45) is 5.92 Å². The third-order valence-electron chi connectivity index (χ3n) is 3.72. The van der Waals surface area contributed by atoms with E-state index in [1.54, 1.807) is 0 Å². The molecule has 4 heteroatoms. The summed E-state index contributed by atoms with van der Waals surface area (Å²) in [5, 5.41) is 0.732. The summed E-state index contributed by atoms with van der Waals surface area (Å²) < 4.78 is 2.10. The van der Waals surface area contributed by atoms with Gasteiger partial charge < -0.3 is 10.3 Å². The van der Waals surface area contributed by atoms with Crippen molar-refractivity contribution >= 4 is 28.6 Å². The van der Waals surface area contributed by atoms with Gasteiger partial charge in [-0.25, -0.2) is 4.98 Å². The smallest absolute Gasteiger partial charge is 0.201 e. The Morgan fingerprint density at radius 2 is 2.16 bits per heavy atom. The highest BCUT2D eigenvalue weighted by atomic mass is 35.5. The van der Waals surface area contributed by atoms with Crippen LogP contribution in [0.5, 0.6) is 0 Å². The average Bonchev–Trinajstić information content (AvgIpc) is 2.70. The largest absolute Gasteiger partial charge is 0.369 e. The summed E-state index contributed by atoms with van der Waals surface area (Å²) in [5.41, 5.74) is 8.01. The van der Waals surface area contributed by atoms with Gasteiger partial charge in [0, 0.05) is 11.6 Å². The van der Waals surface area contributed by atoms with Gasteiger partial charge >= 0.3 is 0 Å². The molecule has 19 heavy (non-hydrogen) atoms. The standard InChI is InChI=1S/C15H22ClN3/c1-3-5-6-11(4-2)10-19-14-9-12(16)7-8-13(14)18-15(19)17/h7-9,11H,3-6,10H2,1-2H3,(H2,17,18). The molecule has 1 aromatic heterocycles. The second-order valence-corrected chi connectivity index (χ2v) is 5.57. The van der Waals surface area contributed by atoms with Crippen molar-refractivity contribution in [3.63, 3.8) is 0 Å². The van der Waals surface area contributed by atoms with E-state index in [-0.39, 0.29) is 0 Å². The van der Waals surface area contributed by atoms with Crippen LogP contribution in [-0.2, 0) is 6.54 Å². The molecule has 104 valence electrons. The summed E-state index contributed by atoms with van der Waals surface area (Å²) in [7, 11) is 0. The van der Waals surface area contributed by atoms with E-state index in [0.717, 1.165) is 22.6 Å². The minimum Gasteiger partial charge on any atom is -0.369 e. The van der Waals surface area contributed by atoms with Crippen LogP contribution in [0.4, 0.5) is 5.95 Å². The van der Waals surface area contributed by atoms with Crippen molar-refractivity contribution in [3.05, 3.63) is 23.2 Å². The average molecular weight is 280 g/mol. The van der Waals surface area contributed by atoms with Crippen molar-refractivity contribution in [2.45, 2.75) is 46.1 Å². The Morgan fingerprint density at radius 1 is 1.37 bits per heavy atom. The van der Waals surface area contributed by atoms with Crippen LogP contribution in [0.2, 0.25) is 5.02 Å². The van der Waals surface area contributed by atoms with Gasteiger partial charge in [0.05, 0.1) is 11.0 Å². The molecule has 1 unspecified atom stereocenters. The van der Waals surface area contributed by atoms with E-state index in [0.29, 0.717) is 11.9 Å². The topological polar surface area (TPSA) is 43.8 Å². The molecule has 2 N–H and O–H groups in total.